The van der Waals surface area contributed by atoms with Crippen molar-refractivity contribution in [2.24, 2.45) is 27.2 Å². The SMILES string of the molecule is C#CC#CC#CC#CC#CC#CC#CC#CC#CC#CC#CC.C[C@H](NC(=O)[C@H](N)COCc1ccccc1)C(=O)CCc1ccc2c(N)nccc2c1.NN=NN=[N+]([O-])OO.[HH].[HH].[HH].[HH].[HH].[HH].[HH].[HH].[HH].[HH].[HH]. The van der Waals surface area contributed by atoms with Gasteiger partial charge in [0, 0.05) is 57.4 Å². The second kappa shape index (κ2) is 33.6. The number of anilines is 1. The molecule has 0 aliphatic heterocycles. The van der Waals surface area contributed by atoms with Crippen LogP contribution in [0, 0.1) is 136 Å². The summed E-state index contributed by atoms with van der Waals surface area (Å²) in [5.41, 5.74) is 13.8. The molecule has 62 heavy (non-hydrogen) atoms. The van der Waals surface area contributed by atoms with E-state index in [2.05, 4.69) is 161 Å². The molecule has 8 N–H and O–H groups in total. The molecule has 0 fully saturated rings. The first-order chi connectivity index (χ1) is 30.2. The number of ketones is 1. The van der Waals surface area contributed by atoms with E-state index < -0.39 is 23.0 Å². The Labute approximate surface area is 376 Å². The van der Waals surface area contributed by atoms with Gasteiger partial charge in [0.1, 0.15) is 11.9 Å². The van der Waals surface area contributed by atoms with Crippen LogP contribution in [0.5, 0.6) is 0 Å². The molecule has 1 aromatic heterocycles. The Morgan fingerprint density at radius 1 is 0.871 bits per heavy atom. The summed E-state index contributed by atoms with van der Waals surface area (Å²) in [4.78, 5) is 31.8. The number of nitrogens with zero attached hydrogens (tertiary/aromatic N) is 5. The van der Waals surface area contributed by atoms with Crippen LogP contribution in [0.2, 0.25) is 0 Å². The van der Waals surface area contributed by atoms with Crippen LogP contribution >= 0.6 is 0 Å². The number of carbonyl (C=O) groups is 2. The van der Waals surface area contributed by atoms with Gasteiger partial charge in [-0.25, -0.2) is 4.98 Å². The highest BCUT2D eigenvalue weighted by molar-refractivity contribution is 5.92. The van der Waals surface area contributed by atoms with Gasteiger partial charge in [0.15, 0.2) is 5.78 Å². The van der Waals surface area contributed by atoms with Gasteiger partial charge in [-0.2, -0.15) is 0 Å². The zero-order chi connectivity index (χ0) is 45.5. The van der Waals surface area contributed by atoms with Gasteiger partial charge < -0.3 is 31.7 Å². The fraction of sp³-hybridized carbons (Fsp3) is 0.170. The van der Waals surface area contributed by atoms with Crippen molar-refractivity contribution in [2.45, 2.75) is 45.4 Å². The molecule has 326 valence electrons. The van der Waals surface area contributed by atoms with E-state index in [-0.39, 0.29) is 28.1 Å². The molecule has 2 aromatic carbocycles. The van der Waals surface area contributed by atoms with E-state index in [4.69, 9.17) is 27.9 Å². The van der Waals surface area contributed by atoms with Gasteiger partial charge in [0.2, 0.25) is 16.4 Å². The fourth-order valence-corrected chi connectivity index (χ4v) is 3.95. The Balaban J connectivity index is -0.0000000919. The maximum absolute atomic E-state index is 12.5. The van der Waals surface area contributed by atoms with Crippen LogP contribution in [0.3, 0.4) is 0 Å². The molecular weight excluding hydrogens is 787 g/mol. The number of benzene rings is 2. The molecule has 3 rings (SSSR count). The number of nitrogen functional groups attached to an aromatic ring is 1. The number of terminal acetylenes is 1. The highest BCUT2D eigenvalue weighted by Crippen LogP contribution is 2.20. The predicted molar refractivity (Wildman–Crippen MR) is 255 cm³/mol. The van der Waals surface area contributed by atoms with Crippen LogP contribution < -0.4 is 22.6 Å². The van der Waals surface area contributed by atoms with E-state index in [1.807, 2.05) is 54.6 Å². The molecule has 0 aliphatic carbocycles. The molecule has 0 unspecified atom stereocenters. The van der Waals surface area contributed by atoms with Crippen LogP contribution in [-0.4, -0.2) is 45.6 Å². The molecule has 15 nitrogen and oxygen atoms in total. The fourth-order valence-electron chi connectivity index (χ4n) is 3.95. The first kappa shape index (κ1) is 50.4. The third kappa shape index (κ3) is 24.8. The summed E-state index contributed by atoms with van der Waals surface area (Å²) in [6.07, 6.45) is 7.45. The van der Waals surface area contributed by atoms with Crippen molar-refractivity contribution < 1.29 is 45.3 Å². The van der Waals surface area contributed by atoms with E-state index in [1.165, 1.54) is 0 Å². The third-order valence-corrected chi connectivity index (χ3v) is 6.66. The number of Topliss-reactive ketones (excluding diaryl/α,β-unsaturated/α-hetero) is 1. The number of ether oxygens (including phenoxy) is 1. The first-order valence-corrected chi connectivity index (χ1v) is 17.5. The van der Waals surface area contributed by atoms with Crippen molar-refractivity contribution in [3.8, 4) is 131 Å². The number of carbonyl (C=O) groups excluding carboxylic acids is 2. The molecule has 0 bridgehead atoms. The van der Waals surface area contributed by atoms with Gasteiger partial charge in [0.25, 0.3) is 0 Å². The number of aromatic nitrogens is 1. The molecule has 3 aromatic rings. The summed E-state index contributed by atoms with van der Waals surface area (Å²) in [6.45, 7) is 3.83. The molecule has 1 amide bonds. The maximum Gasteiger partial charge on any atom is 0.239 e. The Morgan fingerprint density at radius 2 is 1.42 bits per heavy atom. The Hall–Kier alpha value is -9.57. The van der Waals surface area contributed by atoms with Crippen LogP contribution in [0.25, 0.3) is 10.8 Å². The van der Waals surface area contributed by atoms with Crippen LogP contribution in [0.15, 0.2) is 76.5 Å². The number of aryl methyl sites for hydroxylation is 1. The van der Waals surface area contributed by atoms with Gasteiger partial charge in [0.05, 0.1) is 29.5 Å². The Kier molecular flexibility index (Phi) is 27.3. The second-order valence-corrected chi connectivity index (χ2v) is 10.9. The average molecular weight is 844 g/mol. The highest BCUT2D eigenvalue weighted by Gasteiger charge is 2.20. The minimum absolute atomic E-state index is 0. The predicted octanol–water partition coefficient (Wildman–Crippen LogP) is 5.34. The topological polar surface area (TPSA) is 239 Å². The minimum atomic E-state index is -0.835. The Bertz CT molecular complexity index is 2830. The number of fused-ring (bicyclic) bond motifs is 1. The second-order valence-electron chi connectivity index (χ2n) is 10.9. The standard InChI is InChI=1S/C24H28N4O3.C23H4.H3N5O3.11H2/c1-16(28-24(30)21(25)15-31-14-18-5-3-2-4-6-18)22(29)10-8-17-7-9-20-19(13-17)11-12-27-23(20)26;1-3-5-7-9-11-13-15-17-19-21-23-22-20-18-16-14-12-10-8-6-4-2;1-2-3-4-5(6)8-7;;;;;;;;;;;/h2-7,9,11-13,16,21H,8,10,14-15,25H2,1H3,(H2,26,27)(H,28,30);1H,2H3;7H,(H2,1,3);11*1H/t16-,21+;;;;;;;;;;;;;/m0............./s1. The largest absolute Gasteiger partial charge is 0.383 e. The summed E-state index contributed by atoms with van der Waals surface area (Å²) in [5, 5.41) is 28.7. The molecule has 0 saturated heterocycles. The van der Waals surface area contributed by atoms with E-state index in [0.717, 1.165) is 21.9 Å². The lowest BCUT2D eigenvalue weighted by Crippen LogP contribution is -2.49. The molecule has 2 atom stereocenters. The molecule has 0 radical (unpaired) electrons. The lowest BCUT2D eigenvalue weighted by Gasteiger charge is -2.17. The molecule has 0 aliphatic rings. The first-order valence-electron chi connectivity index (χ1n) is 17.5. The Morgan fingerprint density at radius 3 is 1.94 bits per heavy atom. The van der Waals surface area contributed by atoms with Crippen LogP contribution in [0.4, 0.5) is 5.82 Å². The number of hydrogen-bond donors (Lipinski definition) is 5. The molecule has 15 heteroatoms. The summed E-state index contributed by atoms with van der Waals surface area (Å²) in [5.74, 6) is 56.3. The van der Waals surface area contributed by atoms with E-state index in [1.54, 1.807) is 20.0 Å². The average Bonchev–Trinajstić information content (AvgIpc) is 3.28. The zero-order valence-electron chi connectivity index (χ0n) is 33.3. The molecule has 1 heterocycles. The maximum atomic E-state index is 12.5. The number of nitrogens with one attached hydrogen (secondary N) is 1. The van der Waals surface area contributed by atoms with E-state index in [0.29, 0.717) is 25.3 Å². The zero-order valence-corrected chi connectivity index (χ0v) is 33.3. The molecule has 0 spiro atoms. The summed E-state index contributed by atoms with van der Waals surface area (Å²) >= 11 is 0. The van der Waals surface area contributed by atoms with Crippen molar-refractivity contribution in [3.63, 3.8) is 0 Å². The normalized spacial score (nSPS) is 9.50. The number of nitrogens with two attached hydrogens (primary N) is 3. The molecular formula is C47H57N9O6. The number of hydrogen-bond acceptors (Lipinski definition) is 10. The van der Waals surface area contributed by atoms with E-state index in [9.17, 15) is 14.8 Å². The lowest BCUT2D eigenvalue weighted by molar-refractivity contribution is -0.873. The number of rotatable bonds is 12. The van der Waals surface area contributed by atoms with Gasteiger partial charge in [-0.15, -0.1) is 6.42 Å². The monoisotopic (exact) mass is 843 g/mol. The van der Waals surface area contributed by atoms with Crippen molar-refractivity contribution in [2.75, 3.05) is 12.3 Å². The quantitative estimate of drug-likeness (QED) is 0.0516. The number of pyridine rings is 1. The van der Waals surface area contributed by atoms with Crippen molar-refractivity contribution in [1.82, 2.24) is 10.3 Å². The van der Waals surface area contributed by atoms with Crippen molar-refractivity contribution >= 4 is 28.3 Å². The number of amides is 1. The van der Waals surface area contributed by atoms with Crippen molar-refractivity contribution in [3.05, 3.63) is 77.1 Å². The van der Waals surface area contributed by atoms with Gasteiger partial charge in [-0.05, 0) is 138 Å². The lowest BCUT2D eigenvalue weighted by atomic mass is 10.0. The summed E-state index contributed by atoms with van der Waals surface area (Å²) in [6, 6.07) is 15.9. The third-order valence-electron chi connectivity index (χ3n) is 6.66. The molecule has 0 saturated carbocycles. The van der Waals surface area contributed by atoms with Crippen LogP contribution in [-0.2, 0) is 32.3 Å². The minimum Gasteiger partial charge on any atom is -0.383 e. The highest BCUT2D eigenvalue weighted by atomic mass is 17.2. The van der Waals surface area contributed by atoms with Gasteiger partial charge in [-0.1, -0.05) is 54.5 Å². The van der Waals surface area contributed by atoms with Gasteiger partial charge >= 0.3 is 0 Å². The summed E-state index contributed by atoms with van der Waals surface area (Å²) in [7, 11) is 0. The van der Waals surface area contributed by atoms with Crippen molar-refractivity contribution in [1.29, 1.82) is 0 Å². The smallest absolute Gasteiger partial charge is 0.239 e. The van der Waals surface area contributed by atoms with Gasteiger partial charge in [-0.3, -0.25) is 20.7 Å². The van der Waals surface area contributed by atoms with Crippen LogP contribution in [0.1, 0.15) is 47.1 Å². The van der Waals surface area contributed by atoms with E-state index >= 15 is 0 Å². The summed E-state index contributed by atoms with van der Waals surface area (Å²) < 4.78 is 5.51.